The van der Waals surface area contributed by atoms with E-state index in [1.54, 1.807) is 19.4 Å². The fourth-order valence-corrected chi connectivity index (χ4v) is 2.56. The van der Waals surface area contributed by atoms with Gasteiger partial charge in [-0.3, -0.25) is 0 Å². The highest BCUT2D eigenvalue weighted by atomic mass is 16.5. The number of aromatic nitrogens is 4. The number of nitrogens with zero attached hydrogens (tertiary/aromatic N) is 5. The molecule has 0 atom stereocenters. The van der Waals surface area contributed by atoms with E-state index in [9.17, 15) is 0 Å². The molecule has 2 aromatic heterocycles. The van der Waals surface area contributed by atoms with Gasteiger partial charge in [0.2, 0.25) is 11.8 Å². The van der Waals surface area contributed by atoms with Gasteiger partial charge >= 0.3 is 0 Å². The largest absolute Gasteiger partial charge is 0.481 e. The standard InChI is InChI=1S/C17H24N6O/c1-17(2,3)13-5-6-14(22-21-13)23-10-12(11-23)9-19-16-18-8-7-15(20-16)24-4/h5-8,12H,9-11H2,1-4H3,(H,18,19,20). The van der Waals surface area contributed by atoms with Crippen LogP contribution in [0.5, 0.6) is 5.88 Å². The Morgan fingerprint density at radius 3 is 2.62 bits per heavy atom. The topological polar surface area (TPSA) is 76.1 Å². The summed E-state index contributed by atoms with van der Waals surface area (Å²) in [4.78, 5) is 10.7. The molecular formula is C17H24N6O. The third-order valence-electron chi connectivity index (χ3n) is 4.09. The van der Waals surface area contributed by atoms with Crippen molar-refractivity contribution in [3.63, 3.8) is 0 Å². The maximum absolute atomic E-state index is 5.10. The van der Waals surface area contributed by atoms with Gasteiger partial charge in [-0.05, 0) is 12.1 Å². The molecule has 1 saturated heterocycles. The summed E-state index contributed by atoms with van der Waals surface area (Å²) in [5, 5.41) is 12.0. The molecule has 0 saturated carbocycles. The zero-order valence-electron chi connectivity index (χ0n) is 14.7. The summed E-state index contributed by atoms with van der Waals surface area (Å²) in [6, 6.07) is 5.86. The number of hydrogen-bond acceptors (Lipinski definition) is 7. The molecule has 2 aromatic rings. The molecular weight excluding hydrogens is 304 g/mol. The van der Waals surface area contributed by atoms with Gasteiger partial charge in [0.25, 0.3) is 0 Å². The number of rotatable bonds is 5. The van der Waals surface area contributed by atoms with Crippen LogP contribution >= 0.6 is 0 Å². The molecule has 3 heterocycles. The van der Waals surface area contributed by atoms with E-state index in [2.05, 4.69) is 63.3 Å². The van der Waals surface area contributed by atoms with E-state index >= 15 is 0 Å². The van der Waals surface area contributed by atoms with E-state index in [-0.39, 0.29) is 5.41 Å². The second kappa shape index (κ2) is 6.59. The van der Waals surface area contributed by atoms with Crippen LogP contribution in [0, 0.1) is 5.92 Å². The van der Waals surface area contributed by atoms with Gasteiger partial charge in [0.1, 0.15) is 0 Å². The van der Waals surface area contributed by atoms with E-state index in [1.807, 2.05) is 0 Å². The van der Waals surface area contributed by atoms with Gasteiger partial charge in [0.15, 0.2) is 5.82 Å². The summed E-state index contributed by atoms with van der Waals surface area (Å²) in [5.74, 6) is 2.65. The molecule has 128 valence electrons. The molecule has 1 aliphatic rings. The molecule has 0 aromatic carbocycles. The number of ether oxygens (including phenoxy) is 1. The summed E-state index contributed by atoms with van der Waals surface area (Å²) in [5.41, 5.74) is 1.05. The Balaban J connectivity index is 1.48. The van der Waals surface area contributed by atoms with E-state index < -0.39 is 0 Å². The zero-order valence-corrected chi connectivity index (χ0v) is 14.7. The van der Waals surface area contributed by atoms with E-state index in [0.717, 1.165) is 31.1 Å². The maximum Gasteiger partial charge on any atom is 0.225 e. The van der Waals surface area contributed by atoms with Crippen LogP contribution in [0.2, 0.25) is 0 Å². The van der Waals surface area contributed by atoms with Gasteiger partial charge in [-0.2, -0.15) is 10.1 Å². The fourth-order valence-electron chi connectivity index (χ4n) is 2.56. The molecule has 7 nitrogen and oxygen atoms in total. The maximum atomic E-state index is 5.10. The van der Waals surface area contributed by atoms with Crippen molar-refractivity contribution < 1.29 is 4.74 Å². The van der Waals surface area contributed by atoms with Crippen LogP contribution < -0.4 is 15.0 Å². The van der Waals surface area contributed by atoms with Crippen LogP contribution in [-0.4, -0.2) is 46.9 Å². The van der Waals surface area contributed by atoms with Gasteiger partial charge in [-0.25, -0.2) is 4.98 Å². The Hall–Kier alpha value is -2.44. The Kier molecular flexibility index (Phi) is 4.51. The van der Waals surface area contributed by atoms with Crippen molar-refractivity contribution in [1.29, 1.82) is 0 Å². The van der Waals surface area contributed by atoms with Crippen molar-refractivity contribution in [2.24, 2.45) is 5.92 Å². The smallest absolute Gasteiger partial charge is 0.225 e. The van der Waals surface area contributed by atoms with Crippen molar-refractivity contribution in [2.45, 2.75) is 26.2 Å². The van der Waals surface area contributed by atoms with Crippen molar-refractivity contribution in [2.75, 3.05) is 37.0 Å². The predicted octanol–water partition coefficient (Wildman–Crippen LogP) is 2.12. The normalized spacial score (nSPS) is 15.1. The number of methoxy groups -OCH3 is 1. The van der Waals surface area contributed by atoms with Gasteiger partial charge < -0.3 is 15.0 Å². The molecule has 0 bridgehead atoms. The average Bonchev–Trinajstić information content (AvgIpc) is 2.53. The molecule has 1 fully saturated rings. The van der Waals surface area contributed by atoms with Crippen molar-refractivity contribution in [3.8, 4) is 5.88 Å². The third kappa shape index (κ3) is 3.72. The summed E-state index contributed by atoms with van der Waals surface area (Å²) >= 11 is 0. The number of anilines is 2. The Labute approximate surface area is 142 Å². The quantitative estimate of drug-likeness (QED) is 0.901. The highest BCUT2D eigenvalue weighted by Gasteiger charge is 2.28. The van der Waals surface area contributed by atoms with Crippen molar-refractivity contribution >= 4 is 11.8 Å². The summed E-state index contributed by atoms with van der Waals surface area (Å²) in [6.45, 7) is 9.17. The lowest BCUT2D eigenvalue weighted by molar-refractivity contribution is 0.396. The first-order chi connectivity index (χ1) is 11.5. The second-order valence-corrected chi connectivity index (χ2v) is 7.10. The van der Waals surface area contributed by atoms with Crippen LogP contribution in [0.1, 0.15) is 26.5 Å². The molecule has 0 spiro atoms. The Bertz CT molecular complexity index is 676. The highest BCUT2D eigenvalue weighted by molar-refractivity contribution is 5.41. The number of nitrogens with one attached hydrogen (secondary N) is 1. The first-order valence-corrected chi connectivity index (χ1v) is 8.16. The monoisotopic (exact) mass is 328 g/mol. The molecule has 7 heteroatoms. The van der Waals surface area contributed by atoms with Crippen LogP contribution in [0.25, 0.3) is 0 Å². The lowest BCUT2D eigenvalue weighted by Crippen LogP contribution is -2.50. The predicted molar refractivity (Wildman–Crippen MR) is 93.5 cm³/mol. The third-order valence-corrected chi connectivity index (χ3v) is 4.09. The minimum absolute atomic E-state index is 0.0314. The highest BCUT2D eigenvalue weighted by Crippen LogP contribution is 2.25. The average molecular weight is 328 g/mol. The Morgan fingerprint density at radius 2 is 2.00 bits per heavy atom. The van der Waals surface area contributed by atoms with Crippen molar-refractivity contribution in [3.05, 3.63) is 30.1 Å². The lowest BCUT2D eigenvalue weighted by Gasteiger charge is -2.40. The molecule has 3 rings (SSSR count). The molecule has 24 heavy (non-hydrogen) atoms. The summed E-state index contributed by atoms with van der Waals surface area (Å²) in [6.07, 6.45) is 1.69. The Morgan fingerprint density at radius 1 is 1.21 bits per heavy atom. The first-order valence-electron chi connectivity index (χ1n) is 8.16. The number of hydrogen-bond donors (Lipinski definition) is 1. The molecule has 0 radical (unpaired) electrons. The van der Waals surface area contributed by atoms with Crippen LogP contribution in [0.3, 0.4) is 0 Å². The fraction of sp³-hybridized carbons (Fsp3) is 0.529. The van der Waals surface area contributed by atoms with Gasteiger partial charge in [0, 0.05) is 43.2 Å². The lowest BCUT2D eigenvalue weighted by atomic mass is 9.92. The van der Waals surface area contributed by atoms with Crippen LogP contribution in [-0.2, 0) is 5.41 Å². The molecule has 1 aliphatic heterocycles. The minimum atomic E-state index is 0.0314. The molecule has 0 aliphatic carbocycles. The minimum Gasteiger partial charge on any atom is -0.481 e. The van der Waals surface area contributed by atoms with E-state index in [1.165, 1.54) is 0 Å². The van der Waals surface area contributed by atoms with Gasteiger partial charge in [0.05, 0.1) is 12.8 Å². The SMILES string of the molecule is COc1ccnc(NCC2CN(c3ccc(C(C)(C)C)nn3)C2)n1. The van der Waals surface area contributed by atoms with E-state index in [4.69, 9.17) is 4.74 Å². The van der Waals surface area contributed by atoms with E-state index in [0.29, 0.717) is 17.7 Å². The van der Waals surface area contributed by atoms with Crippen LogP contribution in [0.15, 0.2) is 24.4 Å². The summed E-state index contributed by atoms with van der Waals surface area (Å²) in [7, 11) is 1.60. The van der Waals surface area contributed by atoms with Crippen LogP contribution in [0.4, 0.5) is 11.8 Å². The summed E-state index contributed by atoms with van der Waals surface area (Å²) < 4.78 is 5.10. The second-order valence-electron chi connectivity index (χ2n) is 7.10. The first kappa shape index (κ1) is 16.4. The molecule has 0 unspecified atom stereocenters. The van der Waals surface area contributed by atoms with Gasteiger partial charge in [-0.15, -0.1) is 5.10 Å². The molecule has 1 N–H and O–H groups in total. The zero-order chi connectivity index (χ0) is 17.2. The molecule has 0 amide bonds. The van der Waals surface area contributed by atoms with Crippen molar-refractivity contribution in [1.82, 2.24) is 20.2 Å². The van der Waals surface area contributed by atoms with Gasteiger partial charge in [-0.1, -0.05) is 20.8 Å².